The Kier molecular flexibility index (Phi) is 10.3. The molecule has 3 aromatic carbocycles. The van der Waals surface area contributed by atoms with Crippen molar-refractivity contribution in [2.24, 2.45) is 0 Å². The van der Waals surface area contributed by atoms with Crippen molar-refractivity contribution in [3.05, 3.63) is 113 Å². The molecule has 8 heteroatoms. The highest BCUT2D eigenvalue weighted by Gasteiger charge is 2.24. The average molecular weight is 543 g/mol. The number of carbonyl (C=O) groups is 2. The maximum Gasteiger partial charge on any atom is 0.329 e. The fraction of sp³-hybridized carbons (Fsp3) is 0.258. The van der Waals surface area contributed by atoms with E-state index in [-0.39, 0.29) is 12.5 Å². The SMILES string of the molecule is CSCC[C@H](NC(=O)c1ccc(CNCc2cnc[nH]2)cc1-c1ccccc1C)C(=O)OCc1ccccc1. The number of hydrogen-bond acceptors (Lipinski definition) is 6. The van der Waals surface area contributed by atoms with Gasteiger partial charge in [0.05, 0.1) is 6.33 Å². The van der Waals surface area contributed by atoms with Gasteiger partial charge < -0.3 is 20.4 Å². The molecule has 0 radical (unpaired) electrons. The Labute approximate surface area is 233 Å². The molecule has 0 saturated carbocycles. The Morgan fingerprint density at radius 3 is 2.51 bits per heavy atom. The molecule has 1 atom stereocenters. The van der Waals surface area contributed by atoms with Gasteiger partial charge in [-0.1, -0.05) is 60.7 Å². The summed E-state index contributed by atoms with van der Waals surface area (Å²) in [5.41, 5.74) is 6.34. The van der Waals surface area contributed by atoms with Gasteiger partial charge in [0.1, 0.15) is 12.6 Å². The summed E-state index contributed by atoms with van der Waals surface area (Å²) in [5, 5.41) is 6.37. The fourth-order valence-corrected chi connectivity index (χ4v) is 4.74. The van der Waals surface area contributed by atoms with Gasteiger partial charge in [-0.25, -0.2) is 9.78 Å². The van der Waals surface area contributed by atoms with E-state index in [0.29, 0.717) is 25.1 Å². The van der Waals surface area contributed by atoms with Crippen LogP contribution in [0.2, 0.25) is 0 Å². The molecule has 1 amide bonds. The van der Waals surface area contributed by atoms with E-state index >= 15 is 0 Å². The van der Waals surface area contributed by atoms with Crippen LogP contribution in [0.25, 0.3) is 11.1 Å². The van der Waals surface area contributed by atoms with Crippen molar-refractivity contribution < 1.29 is 14.3 Å². The number of rotatable bonds is 13. The molecule has 39 heavy (non-hydrogen) atoms. The number of imidazole rings is 1. The zero-order valence-corrected chi connectivity index (χ0v) is 23.1. The molecule has 0 saturated heterocycles. The largest absolute Gasteiger partial charge is 0.459 e. The third kappa shape index (κ3) is 8.05. The number of H-pyrrole nitrogens is 1. The zero-order chi connectivity index (χ0) is 27.5. The summed E-state index contributed by atoms with van der Waals surface area (Å²) in [6, 6.07) is 22.6. The summed E-state index contributed by atoms with van der Waals surface area (Å²) >= 11 is 1.62. The number of amides is 1. The molecule has 0 unspecified atom stereocenters. The lowest BCUT2D eigenvalue weighted by Gasteiger charge is -2.20. The molecule has 0 aliphatic carbocycles. The molecule has 4 rings (SSSR count). The number of nitrogens with zero attached hydrogens (tertiary/aromatic N) is 1. The van der Waals surface area contributed by atoms with Gasteiger partial charge in [-0.2, -0.15) is 11.8 Å². The minimum atomic E-state index is -0.742. The van der Waals surface area contributed by atoms with Crippen molar-refractivity contribution in [1.29, 1.82) is 0 Å². The third-order valence-corrected chi connectivity index (χ3v) is 7.03. The fourth-order valence-electron chi connectivity index (χ4n) is 4.27. The van der Waals surface area contributed by atoms with E-state index < -0.39 is 12.0 Å². The standard InChI is InChI=1S/C31H34N4O3S/c1-22-8-6-7-11-26(22)28-16-24(17-32-18-25-19-33-21-34-25)12-13-27(28)30(36)35-29(14-15-39-2)31(37)38-20-23-9-4-3-5-10-23/h3-13,16,19,21,29,32H,14-15,17-18,20H2,1-2H3,(H,33,34)(H,35,36)/t29-/m0/s1. The molecule has 1 heterocycles. The van der Waals surface area contributed by atoms with Crippen molar-refractivity contribution in [3.8, 4) is 11.1 Å². The molecular weight excluding hydrogens is 508 g/mol. The first-order chi connectivity index (χ1) is 19.0. The number of benzene rings is 3. The Bertz CT molecular complexity index is 1360. The lowest BCUT2D eigenvalue weighted by atomic mass is 9.93. The van der Waals surface area contributed by atoms with Crippen LogP contribution in [0.3, 0.4) is 0 Å². The van der Waals surface area contributed by atoms with Crippen molar-refractivity contribution in [2.75, 3.05) is 12.0 Å². The van der Waals surface area contributed by atoms with E-state index in [1.165, 1.54) is 0 Å². The maximum atomic E-state index is 13.6. The number of aromatic amines is 1. The number of aryl methyl sites for hydroxylation is 1. The second kappa shape index (κ2) is 14.3. The normalized spacial score (nSPS) is 11.6. The highest BCUT2D eigenvalue weighted by atomic mass is 32.2. The number of nitrogens with one attached hydrogen (secondary N) is 3. The summed E-state index contributed by atoms with van der Waals surface area (Å²) in [5.74, 6) is -0.0111. The summed E-state index contributed by atoms with van der Waals surface area (Å²) < 4.78 is 5.57. The number of aromatic nitrogens is 2. The van der Waals surface area contributed by atoms with Crippen LogP contribution in [-0.2, 0) is 29.2 Å². The molecule has 7 nitrogen and oxygen atoms in total. The molecule has 0 fully saturated rings. The molecule has 0 aliphatic heterocycles. The van der Waals surface area contributed by atoms with Crippen LogP contribution >= 0.6 is 11.8 Å². The number of ether oxygens (including phenoxy) is 1. The van der Waals surface area contributed by atoms with Crippen LogP contribution in [0.5, 0.6) is 0 Å². The van der Waals surface area contributed by atoms with Crippen molar-refractivity contribution in [2.45, 2.75) is 39.1 Å². The third-order valence-electron chi connectivity index (χ3n) is 6.39. The smallest absolute Gasteiger partial charge is 0.329 e. The van der Waals surface area contributed by atoms with Gasteiger partial charge in [0.25, 0.3) is 5.91 Å². The van der Waals surface area contributed by atoms with E-state index in [9.17, 15) is 9.59 Å². The van der Waals surface area contributed by atoms with Crippen LogP contribution in [0.1, 0.15) is 39.2 Å². The van der Waals surface area contributed by atoms with Gasteiger partial charge in [0.15, 0.2) is 0 Å². The Hall–Kier alpha value is -3.88. The minimum Gasteiger partial charge on any atom is -0.459 e. The van der Waals surface area contributed by atoms with E-state index in [4.69, 9.17) is 4.74 Å². The Morgan fingerprint density at radius 1 is 0.974 bits per heavy atom. The van der Waals surface area contributed by atoms with Crippen molar-refractivity contribution >= 4 is 23.6 Å². The number of esters is 1. The molecule has 0 aliphatic rings. The second-order valence-corrected chi connectivity index (χ2v) is 10.3. The van der Waals surface area contributed by atoms with Gasteiger partial charge in [-0.15, -0.1) is 0 Å². The summed E-state index contributed by atoms with van der Waals surface area (Å²) in [7, 11) is 0. The summed E-state index contributed by atoms with van der Waals surface area (Å²) in [6.45, 7) is 3.48. The van der Waals surface area contributed by atoms with Gasteiger partial charge in [-0.3, -0.25) is 4.79 Å². The van der Waals surface area contributed by atoms with E-state index in [0.717, 1.165) is 39.3 Å². The molecule has 0 bridgehead atoms. The molecule has 3 N–H and O–H groups in total. The lowest BCUT2D eigenvalue weighted by molar-refractivity contribution is -0.147. The Morgan fingerprint density at radius 2 is 1.77 bits per heavy atom. The van der Waals surface area contributed by atoms with Gasteiger partial charge in [0, 0.05) is 30.5 Å². The van der Waals surface area contributed by atoms with Crippen LogP contribution in [-0.4, -0.2) is 39.9 Å². The summed E-state index contributed by atoms with van der Waals surface area (Å²) in [6.07, 6.45) is 5.90. The topological polar surface area (TPSA) is 96.1 Å². The van der Waals surface area contributed by atoms with E-state index in [2.05, 4.69) is 20.6 Å². The lowest BCUT2D eigenvalue weighted by Crippen LogP contribution is -2.42. The Balaban J connectivity index is 1.53. The minimum absolute atomic E-state index is 0.167. The van der Waals surface area contributed by atoms with Crippen molar-refractivity contribution in [3.63, 3.8) is 0 Å². The maximum absolute atomic E-state index is 13.6. The van der Waals surface area contributed by atoms with Gasteiger partial charge >= 0.3 is 5.97 Å². The summed E-state index contributed by atoms with van der Waals surface area (Å²) in [4.78, 5) is 33.8. The second-order valence-electron chi connectivity index (χ2n) is 9.28. The van der Waals surface area contributed by atoms with Crippen LogP contribution in [0.15, 0.2) is 85.3 Å². The van der Waals surface area contributed by atoms with Crippen molar-refractivity contribution in [1.82, 2.24) is 20.6 Å². The molecule has 0 spiro atoms. The number of thioether (sulfide) groups is 1. The highest BCUT2D eigenvalue weighted by Crippen LogP contribution is 2.28. The molecule has 202 valence electrons. The number of carbonyl (C=O) groups excluding carboxylic acids is 2. The molecular formula is C31H34N4O3S. The highest BCUT2D eigenvalue weighted by molar-refractivity contribution is 7.98. The van der Waals surface area contributed by atoms with Crippen LogP contribution < -0.4 is 10.6 Å². The average Bonchev–Trinajstić information content (AvgIpc) is 3.48. The first-order valence-corrected chi connectivity index (χ1v) is 14.3. The quantitative estimate of drug-likeness (QED) is 0.199. The van der Waals surface area contributed by atoms with Gasteiger partial charge in [-0.05, 0) is 65.3 Å². The monoisotopic (exact) mass is 542 g/mol. The van der Waals surface area contributed by atoms with Crippen LogP contribution in [0, 0.1) is 6.92 Å². The number of hydrogen-bond donors (Lipinski definition) is 3. The van der Waals surface area contributed by atoms with E-state index in [1.54, 1.807) is 24.3 Å². The van der Waals surface area contributed by atoms with E-state index in [1.807, 2.05) is 86.0 Å². The zero-order valence-electron chi connectivity index (χ0n) is 22.3. The first-order valence-electron chi connectivity index (χ1n) is 12.9. The molecule has 4 aromatic rings. The predicted molar refractivity (Wildman–Crippen MR) is 156 cm³/mol. The predicted octanol–water partition coefficient (Wildman–Crippen LogP) is 5.27. The molecule has 1 aromatic heterocycles. The van der Waals surface area contributed by atoms with Gasteiger partial charge in [0.2, 0.25) is 0 Å². The van der Waals surface area contributed by atoms with Crippen LogP contribution in [0.4, 0.5) is 0 Å². The first kappa shape index (κ1) is 28.1.